The lowest BCUT2D eigenvalue weighted by atomic mass is 9.91. The molecule has 1 aliphatic rings. The molecule has 2 N–H and O–H groups in total. The topological polar surface area (TPSA) is 58.6 Å². The van der Waals surface area contributed by atoms with Gasteiger partial charge in [-0.25, -0.2) is 4.39 Å². The average Bonchev–Trinajstić information content (AvgIpc) is 3.20. The fourth-order valence-corrected chi connectivity index (χ4v) is 4.42. The summed E-state index contributed by atoms with van der Waals surface area (Å²) < 4.78 is 94.5. The fourth-order valence-electron chi connectivity index (χ4n) is 4.42. The Morgan fingerprint density at radius 3 is 2.41 bits per heavy atom. The molecule has 1 amide bonds. The van der Waals surface area contributed by atoms with E-state index in [1.54, 1.807) is 12.1 Å². The number of rotatable bonds is 6. The van der Waals surface area contributed by atoms with Gasteiger partial charge < -0.3 is 15.2 Å². The summed E-state index contributed by atoms with van der Waals surface area (Å²) in [6, 6.07) is 12.8. The predicted octanol–water partition coefficient (Wildman–Crippen LogP) is 6.06. The van der Waals surface area contributed by atoms with E-state index in [-0.39, 0.29) is 29.5 Å². The van der Waals surface area contributed by atoms with Crippen molar-refractivity contribution in [3.05, 3.63) is 99.9 Å². The second-order valence-electron chi connectivity index (χ2n) is 8.60. The van der Waals surface area contributed by atoms with Gasteiger partial charge in [-0.05, 0) is 64.4 Å². The van der Waals surface area contributed by atoms with E-state index >= 15 is 0 Å². The minimum absolute atomic E-state index is 0.134. The van der Waals surface area contributed by atoms with Gasteiger partial charge in [0.25, 0.3) is 0 Å². The third kappa shape index (κ3) is 6.22. The first-order chi connectivity index (χ1) is 17.3. The monoisotopic (exact) mass is 527 g/mol. The van der Waals surface area contributed by atoms with Gasteiger partial charge in [-0.1, -0.05) is 42.5 Å². The number of fused-ring (bicyclic) bond motifs is 1. The van der Waals surface area contributed by atoms with Crippen LogP contribution in [-0.4, -0.2) is 23.6 Å². The molecule has 4 rings (SSSR count). The minimum atomic E-state index is -5.02. The van der Waals surface area contributed by atoms with Crippen molar-refractivity contribution in [3.63, 3.8) is 0 Å². The van der Waals surface area contributed by atoms with E-state index in [4.69, 9.17) is 0 Å². The first-order valence-electron chi connectivity index (χ1n) is 11.1. The summed E-state index contributed by atoms with van der Waals surface area (Å²) in [6.45, 7) is 0. The third-order valence-corrected chi connectivity index (χ3v) is 6.10. The van der Waals surface area contributed by atoms with Crippen molar-refractivity contribution in [3.8, 4) is 5.75 Å². The Morgan fingerprint density at radius 2 is 1.73 bits per heavy atom. The summed E-state index contributed by atoms with van der Waals surface area (Å²) in [5, 5.41) is 13.1. The summed E-state index contributed by atoms with van der Waals surface area (Å²) in [5.74, 6) is -3.16. The molecule has 0 aromatic heterocycles. The van der Waals surface area contributed by atoms with Gasteiger partial charge in [-0.15, -0.1) is 13.2 Å². The van der Waals surface area contributed by atoms with E-state index in [1.165, 1.54) is 36.4 Å². The van der Waals surface area contributed by atoms with Gasteiger partial charge in [-0.3, -0.25) is 4.79 Å². The molecular formula is C26H20F7NO3. The Bertz CT molecular complexity index is 1300. The lowest BCUT2D eigenvalue weighted by Gasteiger charge is -2.20. The smallest absolute Gasteiger partial charge is 0.406 e. The Hall–Kier alpha value is -3.60. The number of ether oxygens (including phenoxy) is 1. The van der Waals surface area contributed by atoms with Crippen LogP contribution in [0.4, 0.5) is 30.7 Å². The summed E-state index contributed by atoms with van der Waals surface area (Å²) in [6.07, 6.45) is -10.9. The number of amides is 1. The van der Waals surface area contributed by atoms with E-state index < -0.39 is 42.2 Å². The highest BCUT2D eigenvalue weighted by Crippen LogP contribution is 2.37. The molecule has 0 heterocycles. The van der Waals surface area contributed by atoms with Crippen LogP contribution in [0.15, 0.2) is 60.7 Å². The van der Waals surface area contributed by atoms with Crippen LogP contribution in [0.2, 0.25) is 0 Å². The van der Waals surface area contributed by atoms with Crippen molar-refractivity contribution in [1.29, 1.82) is 0 Å². The van der Waals surface area contributed by atoms with Crippen molar-refractivity contribution in [2.45, 2.75) is 43.9 Å². The molecule has 3 aromatic rings. The highest BCUT2D eigenvalue weighted by atomic mass is 19.4. The Kier molecular flexibility index (Phi) is 7.18. The predicted molar refractivity (Wildman–Crippen MR) is 118 cm³/mol. The molecule has 0 aliphatic heterocycles. The first kappa shape index (κ1) is 26.5. The van der Waals surface area contributed by atoms with Gasteiger partial charge in [0.2, 0.25) is 0 Å². The number of alkyl halides is 6. The number of carbonyl (C=O) groups is 1. The lowest BCUT2D eigenvalue weighted by Crippen LogP contribution is -2.38. The third-order valence-electron chi connectivity index (χ3n) is 6.10. The van der Waals surface area contributed by atoms with Gasteiger partial charge in [0.1, 0.15) is 17.7 Å². The zero-order chi connectivity index (χ0) is 27.0. The second-order valence-corrected chi connectivity index (χ2v) is 8.60. The number of benzene rings is 3. The number of carbonyl (C=O) groups excluding carboxylic acids is 1. The van der Waals surface area contributed by atoms with E-state index in [9.17, 15) is 40.6 Å². The quantitative estimate of drug-likeness (QED) is 0.383. The minimum Gasteiger partial charge on any atom is -0.406 e. The molecule has 2 atom stereocenters. The van der Waals surface area contributed by atoms with Gasteiger partial charge >= 0.3 is 18.4 Å². The van der Waals surface area contributed by atoms with Crippen molar-refractivity contribution >= 4 is 5.91 Å². The van der Waals surface area contributed by atoms with Crippen LogP contribution in [0.5, 0.6) is 5.75 Å². The van der Waals surface area contributed by atoms with E-state index in [2.05, 4.69) is 4.74 Å². The zero-order valence-electron chi connectivity index (χ0n) is 19.0. The van der Waals surface area contributed by atoms with Crippen LogP contribution in [0.25, 0.3) is 0 Å². The number of aliphatic hydroxyl groups is 1. The van der Waals surface area contributed by atoms with Gasteiger partial charge in [0.05, 0.1) is 6.04 Å². The highest BCUT2D eigenvalue weighted by molar-refractivity contribution is 5.82. The molecule has 0 spiro atoms. The Balaban J connectivity index is 1.64. The normalized spacial score (nSPS) is 16.3. The second kappa shape index (κ2) is 10.0. The van der Waals surface area contributed by atoms with Gasteiger partial charge in [0.15, 0.2) is 0 Å². The molecule has 37 heavy (non-hydrogen) atoms. The van der Waals surface area contributed by atoms with Gasteiger partial charge in [-0.2, -0.15) is 13.2 Å². The number of halogens is 7. The number of aryl methyl sites for hydroxylation is 1. The van der Waals surface area contributed by atoms with Crippen LogP contribution in [0, 0.1) is 5.82 Å². The van der Waals surface area contributed by atoms with Crippen LogP contribution in [0.3, 0.4) is 0 Å². The van der Waals surface area contributed by atoms with Crippen LogP contribution in [-0.2, 0) is 17.6 Å². The molecule has 2 unspecified atom stereocenters. The molecular weight excluding hydrogens is 507 g/mol. The maximum Gasteiger partial charge on any atom is 0.573 e. The molecule has 3 aromatic carbocycles. The van der Waals surface area contributed by atoms with Crippen molar-refractivity contribution < 1.29 is 45.4 Å². The molecule has 4 nitrogen and oxygen atoms in total. The van der Waals surface area contributed by atoms with Crippen molar-refractivity contribution in [2.75, 3.05) is 0 Å². The summed E-state index contributed by atoms with van der Waals surface area (Å²) in [4.78, 5) is 11.3. The number of aliphatic hydroxyl groups excluding tert-OH is 1. The molecule has 0 bridgehead atoms. The number of nitrogens with one attached hydrogen (secondary N) is 1. The lowest BCUT2D eigenvalue weighted by molar-refractivity contribution is -0.274. The molecule has 0 fully saturated rings. The number of hydrogen-bond donors (Lipinski definition) is 2. The zero-order valence-corrected chi connectivity index (χ0v) is 19.0. The van der Waals surface area contributed by atoms with E-state index in [0.29, 0.717) is 23.1 Å². The summed E-state index contributed by atoms with van der Waals surface area (Å²) >= 11 is 0. The highest BCUT2D eigenvalue weighted by Gasteiger charge is 2.41. The fraction of sp³-hybridized carbons (Fsp3) is 0.269. The SMILES string of the molecule is O=C(NC1CCc2cc(C(O)c3ccc(OC(F)(F)F)cc3Cc3ccccc3F)ccc21)C(F)(F)F. The first-order valence-corrected chi connectivity index (χ1v) is 11.1. The molecule has 0 saturated heterocycles. The van der Waals surface area contributed by atoms with Crippen molar-refractivity contribution in [2.24, 2.45) is 0 Å². The maximum atomic E-state index is 14.3. The Morgan fingerprint density at radius 1 is 1.00 bits per heavy atom. The maximum absolute atomic E-state index is 14.3. The Labute approximate surface area is 206 Å². The van der Waals surface area contributed by atoms with E-state index in [0.717, 1.165) is 12.1 Å². The average molecular weight is 527 g/mol. The molecule has 11 heteroatoms. The summed E-state index contributed by atoms with van der Waals surface area (Å²) in [7, 11) is 0. The van der Waals surface area contributed by atoms with Crippen molar-refractivity contribution in [1.82, 2.24) is 5.32 Å². The molecule has 0 saturated carbocycles. The van der Waals surface area contributed by atoms with Crippen LogP contribution < -0.4 is 10.1 Å². The molecule has 1 aliphatic carbocycles. The number of hydrogen-bond acceptors (Lipinski definition) is 3. The molecule has 0 radical (unpaired) electrons. The van der Waals surface area contributed by atoms with Crippen LogP contribution >= 0.6 is 0 Å². The van der Waals surface area contributed by atoms with Crippen LogP contribution in [0.1, 0.15) is 51.9 Å². The van der Waals surface area contributed by atoms with E-state index in [1.807, 2.05) is 5.32 Å². The standard InChI is InChI=1S/C26H20F7NO3/c27-21-4-2-1-3-15(21)12-17-13-18(37-26(31,32)33)7-9-20(17)23(35)16-5-8-19-14(11-16)6-10-22(19)34-24(36)25(28,29)30/h1-5,7-9,11,13,22-23,35H,6,10,12H2,(H,34,36). The van der Waals surface area contributed by atoms with Gasteiger partial charge in [0, 0.05) is 6.42 Å². The largest absolute Gasteiger partial charge is 0.573 e. The molecule has 196 valence electrons. The summed E-state index contributed by atoms with van der Waals surface area (Å²) in [5.41, 5.74) is 2.02.